The van der Waals surface area contributed by atoms with Crippen molar-refractivity contribution in [3.05, 3.63) is 72.4 Å². The quantitative estimate of drug-likeness (QED) is 0.494. The summed E-state index contributed by atoms with van der Waals surface area (Å²) in [5.74, 6) is 1.81. The number of nitrogens with one attached hydrogen (secondary N) is 1. The lowest BCUT2D eigenvalue weighted by molar-refractivity contribution is -0.125. The maximum atomic E-state index is 13.0. The van der Waals surface area contributed by atoms with E-state index in [2.05, 4.69) is 39.0 Å². The van der Waals surface area contributed by atoms with E-state index in [1.165, 1.54) is 0 Å². The summed E-state index contributed by atoms with van der Waals surface area (Å²) in [6.07, 6.45) is 3.93. The Labute approximate surface area is 187 Å². The van der Waals surface area contributed by atoms with Crippen LogP contribution < -0.4 is 15.0 Å². The lowest BCUT2D eigenvalue weighted by Crippen LogP contribution is -2.43. The van der Waals surface area contributed by atoms with Crippen LogP contribution in [0.1, 0.15) is 25.3 Å². The lowest BCUT2D eigenvalue weighted by atomic mass is 9.97. The normalized spacial score (nSPS) is 16.4. The maximum Gasteiger partial charge on any atom is 0.225 e. The van der Waals surface area contributed by atoms with Gasteiger partial charge in [0, 0.05) is 31.4 Å². The predicted molar refractivity (Wildman–Crippen MR) is 127 cm³/mol. The molecule has 1 fully saturated rings. The number of fused-ring (bicyclic) bond motifs is 3. The molecule has 1 N–H and O–H groups in total. The summed E-state index contributed by atoms with van der Waals surface area (Å²) in [5, 5.41) is 3.13. The number of rotatable bonds is 6. The van der Waals surface area contributed by atoms with Crippen molar-refractivity contribution in [3.63, 3.8) is 0 Å². The fourth-order valence-corrected chi connectivity index (χ4v) is 4.60. The molecule has 1 atom stereocenters. The number of benzene rings is 2. The molecule has 4 aromatic rings. The Morgan fingerprint density at radius 2 is 1.91 bits per heavy atom. The Bertz CT molecular complexity index is 1250. The van der Waals surface area contributed by atoms with E-state index < -0.39 is 0 Å². The third-order valence-electron chi connectivity index (χ3n) is 6.16. The average Bonchev–Trinajstić information content (AvgIpc) is 3.33. The number of piperidine rings is 1. The number of carbonyl (C=O) groups excluding carboxylic acids is 1. The molecule has 1 aliphatic rings. The van der Waals surface area contributed by atoms with Crippen molar-refractivity contribution in [2.75, 3.05) is 24.6 Å². The second kappa shape index (κ2) is 8.91. The van der Waals surface area contributed by atoms with E-state index in [-0.39, 0.29) is 11.8 Å². The summed E-state index contributed by atoms with van der Waals surface area (Å²) in [7, 11) is 0. The number of carbonyl (C=O) groups is 1. The largest absolute Gasteiger partial charge is 0.494 e. The van der Waals surface area contributed by atoms with Crippen LogP contribution in [0.3, 0.4) is 0 Å². The molecule has 0 aliphatic carbocycles. The summed E-state index contributed by atoms with van der Waals surface area (Å²) >= 11 is 0. The standard InChI is InChI=1S/C26H28N4O2/c1-2-32-24-14-6-3-9-19(24)17-27-26(31)20-10-7-15-29(18-20)25-23-13-8-16-30(23)22-12-5-4-11-21(22)28-25/h3-6,8-9,11-14,16,20H,2,7,10,15,17-18H2,1H3,(H,27,31)/t20-/m1/s1. The monoisotopic (exact) mass is 428 g/mol. The van der Waals surface area contributed by atoms with Gasteiger partial charge in [0.15, 0.2) is 5.82 Å². The van der Waals surface area contributed by atoms with Gasteiger partial charge in [0.05, 0.1) is 29.1 Å². The van der Waals surface area contributed by atoms with Crippen molar-refractivity contribution in [1.82, 2.24) is 14.7 Å². The van der Waals surface area contributed by atoms with Crippen LogP contribution in [0.15, 0.2) is 66.9 Å². The van der Waals surface area contributed by atoms with Gasteiger partial charge in [-0.05, 0) is 50.1 Å². The van der Waals surface area contributed by atoms with E-state index in [0.29, 0.717) is 19.7 Å². The molecule has 2 aromatic heterocycles. The van der Waals surface area contributed by atoms with E-state index in [1.54, 1.807) is 0 Å². The molecular weight excluding hydrogens is 400 g/mol. The van der Waals surface area contributed by atoms with Crippen LogP contribution in [-0.2, 0) is 11.3 Å². The molecular formula is C26H28N4O2. The highest BCUT2D eigenvalue weighted by atomic mass is 16.5. The van der Waals surface area contributed by atoms with Crippen LogP contribution in [-0.4, -0.2) is 35.0 Å². The predicted octanol–water partition coefficient (Wildman–Crippen LogP) is 4.42. The first kappa shape index (κ1) is 20.4. The number of anilines is 1. The summed E-state index contributed by atoms with van der Waals surface area (Å²) in [6.45, 7) is 4.63. The summed E-state index contributed by atoms with van der Waals surface area (Å²) in [5.41, 5.74) is 4.14. The maximum absolute atomic E-state index is 13.0. The molecule has 0 bridgehead atoms. The van der Waals surface area contributed by atoms with E-state index in [4.69, 9.17) is 9.72 Å². The van der Waals surface area contributed by atoms with Crippen molar-refractivity contribution in [3.8, 4) is 5.75 Å². The van der Waals surface area contributed by atoms with Gasteiger partial charge in [-0.15, -0.1) is 0 Å². The zero-order valence-electron chi connectivity index (χ0n) is 18.3. The molecule has 6 nitrogen and oxygen atoms in total. The van der Waals surface area contributed by atoms with Crippen LogP contribution >= 0.6 is 0 Å². The number of amides is 1. The SMILES string of the molecule is CCOc1ccccc1CNC(=O)[C@@H]1CCCN(c2nc3ccccc3n3cccc23)C1. The zero-order valence-corrected chi connectivity index (χ0v) is 18.3. The summed E-state index contributed by atoms with van der Waals surface area (Å²) in [6, 6.07) is 20.2. The second-order valence-corrected chi connectivity index (χ2v) is 8.23. The minimum absolute atomic E-state index is 0.0636. The number of hydrogen-bond donors (Lipinski definition) is 1. The average molecular weight is 429 g/mol. The lowest BCUT2D eigenvalue weighted by Gasteiger charge is -2.33. The van der Waals surface area contributed by atoms with Gasteiger partial charge in [-0.25, -0.2) is 4.98 Å². The molecule has 0 spiro atoms. The van der Waals surface area contributed by atoms with Gasteiger partial charge < -0.3 is 19.4 Å². The molecule has 5 rings (SSSR count). The number of para-hydroxylation sites is 3. The molecule has 1 aliphatic heterocycles. The Kier molecular flexibility index (Phi) is 5.67. The Balaban J connectivity index is 1.34. The minimum atomic E-state index is -0.0636. The fourth-order valence-electron chi connectivity index (χ4n) is 4.60. The van der Waals surface area contributed by atoms with Crippen LogP contribution in [0.4, 0.5) is 5.82 Å². The molecule has 1 amide bonds. The molecule has 1 saturated heterocycles. The van der Waals surface area contributed by atoms with Gasteiger partial charge in [-0.3, -0.25) is 4.79 Å². The minimum Gasteiger partial charge on any atom is -0.494 e. The van der Waals surface area contributed by atoms with Gasteiger partial charge in [0.1, 0.15) is 5.75 Å². The number of hydrogen-bond acceptors (Lipinski definition) is 4. The molecule has 0 unspecified atom stereocenters. The number of nitrogens with zero attached hydrogens (tertiary/aromatic N) is 3. The van der Waals surface area contributed by atoms with Gasteiger partial charge in [0.2, 0.25) is 5.91 Å². The fraction of sp³-hybridized carbons (Fsp3) is 0.308. The zero-order chi connectivity index (χ0) is 21.9. The highest BCUT2D eigenvalue weighted by molar-refractivity contribution is 5.86. The van der Waals surface area contributed by atoms with Crippen molar-refractivity contribution in [2.24, 2.45) is 5.92 Å². The second-order valence-electron chi connectivity index (χ2n) is 8.23. The Morgan fingerprint density at radius 1 is 1.09 bits per heavy atom. The van der Waals surface area contributed by atoms with E-state index in [9.17, 15) is 4.79 Å². The Hall–Kier alpha value is -3.54. The highest BCUT2D eigenvalue weighted by Crippen LogP contribution is 2.29. The molecule has 164 valence electrons. The van der Waals surface area contributed by atoms with Gasteiger partial charge >= 0.3 is 0 Å². The van der Waals surface area contributed by atoms with Crippen molar-refractivity contribution in [2.45, 2.75) is 26.3 Å². The van der Waals surface area contributed by atoms with Crippen LogP contribution in [0, 0.1) is 5.92 Å². The molecule has 0 saturated carbocycles. The van der Waals surface area contributed by atoms with E-state index in [1.807, 2.05) is 49.4 Å². The first-order valence-electron chi connectivity index (χ1n) is 11.3. The molecule has 2 aromatic carbocycles. The van der Waals surface area contributed by atoms with Crippen molar-refractivity contribution in [1.29, 1.82) is 0 Å². The smallest absolute Gasteiger partial charge is 0.225 e. The van der Waals surface area contributed by atoms with Crippen molar-refractivity contribution >= 4 is 28.3 Å². The van der Waals surface area contributed by atoms with Gasteiger partial charge in [-0.1, -0.05) is 30.3 Å². The summed E-state index contributed by atoms with van der Waals surface area (Å²) < 4.78 is 7.87. The Morgan fingerprint density at radius 3 is 2.81 bits per heavy atom. The van der Waals surface area contributed by atoms with Gasteiger partial charge in [0.25, 0.3) is 0 Å². The first-order chi connectivity index (χ1) is 15.7. The van der Waals surface area contributed by atoms with Gasteiger partial charge in [-0.2, -0.15) is 0 Å². The summed E-state index contributed by atoms with van der Waals surface area (Å²) in [4.78, 5) is 20.3. The third kappa shape index (κ3) is 3.88. The third-order valence-corrected chi connectivity index (χ3v) is 6.16. The van der Waals surface area contributed by atoms with Crippen molar-refractivity contribution < 1.29 is 9.53 Å². The topological polar surface area (TPSA) is 58.9 Å². The van der Waals surface area contributed by atoms with Crippen LogP contribution in [0.25, 0.3) is 16.6 Å². The van der Waals surface area contributed by atoms with Crippen LogP contribution in [0.2, 0.25) is 0 Å². The van der Waals surface area contributed by atoms with E-state index >= 15 is 0 Å². The first-order valence-corrected chi connectivity index (χ1v) is 11.3. The molecule has 32 heavy (non-hydrogen) atoms. The number of ether oxygens (including phenoxy) is 1. The molecule has 3 heterocycles. The van der Waals surface area contributed by atoms with Crippen LogP contribution in [0.5, 0.6) is 5.75 Å². The highest BCUT2D eigenvalue weighted by Gasteiger charge is 2.28. The molecule has 0 radical (unpaired) electrons. The van der Waals surface area contributed by atoms with E-state index in [0.717, 1.165) is 53.1 Å². The molecule has 6 heteroatoms. The number of aromatic nitrogens is 2.